The molecule has 10 heteroatoms. The summed E-state index contributed by atoms with van der Waals surface area (Å²) in [6.07, 6.45) is 1.58. The van der Waals surface area contributed by atoms with Gasteiger partial charge in [-0.15, -0.1) is 10.2 Å². The van der Waals surface area contributed by atoms with Gasteiger partial charge in [-0.25, -0.2) is 4.79 Å². The molecule has 2 amide bonds. The van der Waals surface area contributed by atoms with Crippen molar-refractivity contribution in [2.24, 2.45) is 7.05 Å². The first-order valence-corrected chi connectivity index (χ1v) is 16.3. The molecule has 0 bridgehead atoms. The lowest BCUT2D eigenvalue weighted by atomic mass is 9.98. The zero-order chi connectivity index (χ0) is 31.7. The predicted molar refractivity (Wildman–Crippen MR) is 178 cm³/mol. The van der Waals surface area contributed by atoms with Crippen LogP contribution in [0.1, 0.15) is 46.6 Å². The first-order valence-electron chi connectivity index (χ1n) is 15.3. The normalized spacial score (nSPS) is 17.8. The number of aliphatic hydroxyl groups excluding tert-OH is 1. The molecule has 0 unspecified atom stereocenters. The number of aromatic nitrogens is 3. The number of aryl methyl sites for hydroxylation is 1. The second kappa shape index (κ2) is 15.2. The quantitative estimate of drug-likeness (QED) is 0.146. The molecule has 6 rings (SSSR count). The van der Waals surface area contributed by atoms with E-state index in [1.807, 2.05) is 96.5 Å². The van der Waals surface area contributed by atoms with E-state index in [-0.39, 0.29) is 24.8 Å². The van der Waals surface area contributed by atoms with Gasteiger partial charge in [0.15, 0.2) is 11.4 Å². The average Bonchev–Trinajstić information content (AvgIpc) is 3.53. The van der Waals surface area contributed by atoms with E-state index < -0.39 is 6.29 Å². The second-order valence-electron chi connectivity index (χ2n) is 11.2. The van der Waals surface area contributed by atoms with Crippen molar-refractivity contribution in [3.8, 4) is 11.1 Å². The maximum absolute atomic E-state index is 12.5. The summed E-state index contributed by atoms with van der Waals surface area (Å²) in [7, 11) is 1.93. The Bertz CT molecular complexity index is 1710. The van der Waals surface area contributed by atoms with E-state index >= 15 is 0 Å². The maximum atomic E-state index is 12.5. The fraction of sp³-hybridized carbons (Fsp3) is 0.250. The van der Waals surface area contributed by atoms with Gasteiger partial charge in [-0.3, -0.25) is 0 Å². The summed E-state index contributed by atoms with van der Waals surface area (Å²) in [4.78, 5) is 12.5. The van der Waals surface area contributed by atoms with Crippen LogP contribution in [0.5, 0.6) is 0 Å². The van der Waals surface area contributed by atoms with Crippen molar-refractivity contribution in [2.45, 2.75) is 49.8 Å². The topological polar surface area (TPSA) is 111 Å². The van der Waals surface area contributed by atoms with E-state index in [9.17, 15) is 9.90 Å². The third kappa shape index (κ3) is 8.02. The minimum Gasteiger partial charge on any atom is -0.392 e. The van der Waals surface area contributed by atoms with Crippen LogP contribution in [0.3, 0.4) is 0 Å². The number of nitrogens with one attached hydrogen (secondary N) is 2. The van der Waals surface area contributed by atoms with Crippen molar-refractivity contribution in [3.63, 3.8) is 0 Å². The van der Waals surface area contributed by atoms with Gasteiger partial charge in [-0.1, -0.05) is 115 Å². The lowest BCUT2D eigenvalue weighted by molar-refractivity contribution is -0.245. The van der Waals surface area contributed by atoms with Crippen molar-refractivity contribution in [3.05, 3.63) is 137 Å². The van der Waals surface area contributed by atoms with E-state index in [2.05, 4.69) is 39.0 Å². The molecule has 1 saturated heterocycles. The first-order chi connectivity index (χ1) is 22.6. The van der Waals surface area contributed by atoms with Gasteiger partial charge in [0.05, 0.1) is 18.8 Å². The molecule has 1 aromatic heterocycles. The molecule has 1 fully saturated rings. The number of ether oxygens (including phenoxy) is 2. The molecule has 236 valence electrons. The molecule has 3 atom stereocenters. The molecule has 3 N–H and O–H groups in total. The predicted octanol–water partition coefficient (Wildman–Crippen LogP) is 6.31. The van der Waals surface area contributed by atoms with Crippen molar-refractivity contribution in [1.82, 2.24) is 25.4 Å². The van der Waals surface area contributed by atoms with Gasteiger partial charge >= 0.3 is 6.03 Å². The number of urea groups is 1. The molecule has 1 aliphatic rings. The smallest absolute Gasteiger partial charge is 0.315 e. The van der Waals surface area contributed by atoms with E-state index in [0.717, 1.165) is 44.1 Å². The minimum absolute atomic E-state index is 0.00149. The van der Waals surface area contributed by atoms with Gasteiger partial charge < -0.3 is 29.8 Å². The molecule has 9 nitrogen and oxygen atoms in total. The van der Waals surface area contributed by atoms with Crippen molar-refractivity contribution in [1.29, 1.82) is 0 Å². The van der Waals surface area contributed by atoms with Crippen molar-refractivity contribution >= 4 is 17.8 Å². The summed E-state index contributed by atoms with van der Waals surface area (Å²) < 4.78 is 14.9. The Morgan fingerprint density at radius 3 is 2.33 bits per heavy atom. The van der Waals surface area contributed by atoms with E-state index in [1.54, 1.807) is 18.1 Å². The highest BCUT2D eigenvalue weighted by Crippen LogP contribution is 2.40. The zero-order valence-electron chi connectivity index (χ0n) is 25.6. The van der Waals surface area contributed by atoms with Gasteiger partial charge in [0, 0.05) is 37.9 Å². The number of hydrogen-bond acceptors (Lipinski definition) is 7. The molecular formula is C36H37N5O4S. The highest BCUT2D eigenvalue weighted by atomic mass is 32.2. The summed E-state index contributed by atoms with van der Waals surface area (Å²) in [6, 6.07) is 33.8. The van der Waals surface area contributed by atoms with Crippen LogP contribution in [-0.4, -0.2) is 37.8 Å². The first kappa shape index (κ1) is 31.5. The second-order valence-corrected chi connectivity index (χ2v) is 12.2. The molecule has 0 radical (unpaired) electrons. The number of amides is 2. The SMILES string of the molecule is Cn1cnnc1SC[C@@H]1C[C@H](c2ccc(CO)cc2)O[C@H](c2ccc(-c3ccccc3CNC(=O)NCc3ccccc3)cc2)O1. The Kier molecular flexibility index (Phi) is 10.4. The van der Waals surface area contributed by atoms with E-state index in [0.29, 0.717) is 25.3 Å². The summed E-state index contributed by atoms with van der Waals surface area (Å²) in [6.45, 7) is 0.867. The number of carbonyl (C=O) groups excluding carboxylic acids is 1. The number of thioether (sulfide) groups is 1. The van der Waals surface area contributed by atoms with Gasteiger partial charge in [0.2, 0.25) is 0 Å². The van der Waals surface area contributed by atoms with Crippen LogP contribution >= 0.6 is 11.8 Å². The largest absolute Gasteiger partial charge is 0.392 e. The highest BCUT2D eigenvalue weighted by molar-refractivity contribution is 7.99. The summed E-state index contributed by atoms with van der Waals surface area (Å²) in [5.41, 5.74) is 6.97. The van der Waals surface area contributed by atoms with Gasteiger partial charge in [0.1, 0.15) is 6.33 Å². The number of benzene rings is 4. The molecule has 4 aromatic carbocycles. The molecule has 0 spiro atoms. The monoisotopic (exact) mass is 635 g/mol. The lowest BCUT2D eigenvalue weighted by Gasteiger charge is -2.36. The van der Waals surface area contributed by atoms with Crippen LogP contribution in [0, 0.1) is 0 Å². The highest BCUT2D eigenvalue weighted by Gasteiger charge is 2.32. The third-order valence-electron chi connectivity index (χ3n) is 7.93. The Morgan fingerprint density at radius 1 is 0.870 bits per heavy atom. The van der Waals surface area contributed by atoms with Crippen LogP contribution in [-0.2, 0) is 36.2 Å². The van der Waals surface area contributed by atoms with Crippen LogP contribution in [0.15, 0.2) is 115 Å². The summed E-state index contributed by atoms with van der Waals surface area (Å²) in [5, 5.41) is 24.4. The Labute approximate surface area is 273 Å². The molecule has 5 aromatic rings. The Hall–Kier alpha value is -4.48. The number of nitrogens with zero attached hydrogens (tertiary/aromatic N) is 3. The van der Waals surface area contributed by atoms with Crippen LogP contribution in [0.25, 0.3) is 11.1 Å². The average molecular weight is 636 g/mol. The van der Waals surface area contributed by atoms with Crippen LogP contribution in [0.4, 0.5) is 4.79 Å². The number of rotatable bonds is 11. The van der Waals surface area contributed by atoms with Crippen molar-refractivity contribution in [2.75, 3.05) is 5.75 Å². The van der Waals surface area contributed by atoms with Gasteiger partial charge in [0.25, 0.3) is 0 Å². The molecule has 0 aliphatic carbocycles. The molecule has 0 saturated carbocycles. The molecule has 46 heavy (non-hydrogen) atoms. The lowest BCUT2D eigenvalue weighted by Crippen LogP contribution is -2.34. The van der Waals surface area contributed by atoms with Gasteiger partial charge in [-0.05, 0) is 33.4 Å². The third-order valence-corrected chi connectivity index (χ3v) is 9.10. The van der Waals surface area contributed by atoms with E-state index in [4.69, 9.17) is 9.47 Å². The Morgan fingerprint density at radius 2 is 1.59 bits per heavy atom. The summed E-state index contributed by atoms with van der Waals surface area (Å²) in [5.74, 6) is 0.703. The van der Waals surface area contributed by atoms with Crippen molar-refractivity contribution < 1.29 is 19.4 Å². The number of hydrogen-bond donors (Lipinski definition) is 3. The maximum Gasteiger partial charge on any atom is 0.315 e. The van der Waals surface area contributed by atoms with Crippen LogP contribution in [0.2, 0.25) is 0 Å². The number of aliphatic hydroxyl groups is 1. The minimum atomic E-state index is -0.555. The molecular weight excluding hydrogens is 598 g/mol. The summed E-state index contributed by atoms with van der Waals surface area (Å²) >= 11 is 1.61. The molecule has 1 aliphatic heterocycles. The number of carbonyl (C=O) groups is 1. The van der Waals surface area contributed by atoms with Gasteiger partial charge in [-0.2, -0.15) is 0 Å². The standard InChI is InChI=1S/C36H37N5O4S/c1-41-24-39-40-36(41)46-23-31-19-33(28-13-11-26(22-42)12-14-28)45-34(44-31)29-17-15-27(16-18-29)32-10-6-5-9-30(32)21-38-35(43)37-20-25-7-3-2-4-8-25/h2-18,24,31,33-34,42H,19-23H2,1H3,(H2,37,38,43)/t31-,33+,34+/m0/s1. The Balaban J connectivity index is 1.14. The fourth-order valence-electron chi connectivity index (χ4n) is 5.39. The van der Waals surface area contributed by atoms with Crippen LogP contribution < -0.4 is 10.6 Å². The van der Waals surface area contributed by atoms with E-state index in [1.165, 1.54) is 0 Å². The fourth-order valence-corrected chi connectivity index (χ4v) is 6.29. The zero-order valence-corrected chi connectivity index (χ0v) is 26.4. The molecule has 2 heterocycles.